The van der Waals surface area contributed by atoms with E-state index >= 15 is 0 Å². The maximum Gasteiger partial charge on any atom is 0.236 e. The number of amides is 1. The van der Waals surface area contributed by atoms with Crippen LogP contribution in [0.1, 0.15) is 44.9 Å². The van der Waals surface area contributed by atoms with Gasteiger partial charge in [-0.1, -0.05) is 42.5 Å². The Kier molecular flexibility index (Phi) is 4.72. The van der Waals surface area contributed by atoms with E-state index in [-0.39, 0.29) is 10.7 Å². The zero-order valence-electron chi connectivity index (χ0n) is 11.8. The highest BCUT2D eigenvalue weighted by Gasteiger charge is 2.51. The Morgan fingerprint density at radius 1 is 1.19 bits per heavy atom. The second-order valence-electron chi connectivity index (χ2n) is 5.98. The summed E-state index contributed by atoms with van der Waals surface area (Å²) in [5, 5.41) is 4.57. The standard InChI is InChI=1S/C16H19Cl2NOS/c17-11-6-7-13(18)14(10-11)21-16(8-9-16)15(20)19-12-4-2-1-3-5-12/h6-7,10,12H,1-5,8-9H2,(H,19,20). The molecule has 2 saturated carbocycles. The number of carbonyl (C=O) groups excluding carboxylic acids is 1. The summed E-state index contributed by atoms with van der Waals surface area (Å²) >= 11 is 13.8. The molecule has 2 aliphatic rings. The monoisotopic (exact) mass is 343 g/mol. The van der Waals surface area contributed by atoms with Gasteiger partial charge in [-0.15, -0.1) is 11.8 Å². The Balaban J connectivity index is 1.66. The largest absolute Gasteiger partial charge is 0.352 e. The number of rotatable bonds is 4. The van der Waals surface area contributed by atoms with Gasteiger partial charge in [0.1, 0.15) is 0 Å². The van der Waals surface area contributed by atoms with Crippen LogP contribution < -0.4 is 5.32 Å². The number of hydrogen-bond donors (Lipinski definition) is 1. The first-order valence-corrected chi connectivity index (χ1v) is 9.11. The van der Waals surface area contributed by atoms with Crippen LogP contribution in [0, 0.1) is 0 Å². The highest BCUT2D eigenvalue weighted by molar-refractivity contribution is 8.01. The van der Waals surface area contributed by atoms with Gasteiger partial charge in [0, 0.05) is 16.0 Å². The molecule has 1 amide bonds. The molecular formula is C16H19Cl2NOS. The summed E-state index contributed by atoms with van der Waals surface area (Å²) in [4.78, 5) is 13.5. The summed E-state index contributed by atoms with van der Waals surface area (Å²) in [6, 6.07) is 5.78. The van der Waals surface area contributed by atoms with Crippen LogP contribution in [0.4, 0.5) is 0 Å². The van der Waals surface area contributed by atoms with Crippen LogP contribution in [0.25, 0.3) is 0 Å². The lowest BCUT2D eigenvalue weighted by atomic mass is 9.95. The Hall–Kier alpha value is -0.380. The van der Waals surface area contributed by atoms with Crippen molar-refractivity contribution in [1.82, 2.24) is 5.32 Å². The van der Waals surface area contributed by atoms with Gasteiger partial charge in [0.25, 0.3) is 0 Å². The summed E-state index contributed by atoms with van der Waals surface area (Å²) in [5.74, 6) is 0.176. The smallest absolute Gasteiger partial charge is 0.236 e. The fourth-order valence-electron chi connectivity index (χ4n) is 2.82. The van der Waals surface area contributed by atoms with Gasteiger partial charge < -0.3 is 5.32 Å². The lowest BCUT2D eigenvalue weighted by Gasteiger charge is -2.25. The molecule has 0 radical (unpaired) electrons. The molecule has 1 aromatic rings. The first kappa shape index (κ1) is 15.5. The number of halogens is 2. The van der Waals surface area contributed by atoms with Gasteiger partial charge >= 0.3 is 0 Å². The average Bonchev–Trinajstić information content (AvgIpc) is 3.25. The minimum atomic E-state index is -0.328. The minimum Gasteiger partial charge on any atom is -0.352 e. The van der Waals surface area contributed by atoms with E-state index in [0.717, 1.165) is 30.6 Å². The first-order chi connectivity index (χ1) is 10.1. The fraction of sp³-hybridized carbons (Fsp3) is 0.562. The summed E-state index contributed by atoms with van der Waals surface area (Å²) < 4.78 is -0.328. The van der Waals surface area contributed by atoms with Crippen LogP contribution in [0.15, 0.2) is 23.1 Å². The van der Waals surface area contributed by atoms with E-state index in [1.165, 1.54) is 19.3 Å². The van der Waals surface area contributed by atoms with Crippen LogP contribution in [0.3, 0.4) is 0 Å². The van der Waals surface area contributed by atoms with Gasteiger partial charge in [0.2, 0.25) is 5.91 Å². The van der Waals surface area contributed by atoms with E-state index < -0.39 is 0 Å². The maximum absolute atomic E-state index is 12.6. The zero-order valence-corrected chi connectivity index (χ0v) is 14.2. The van der Waals surface area contributed by atoms with E-state index in [4.69, 9.17) is 23.2 Å². The van der Waals surface area contributed by atoms with Crippen molar-refractivity contribution in [3.05, 3.63) is 28.2 Å². The van der Waals surface area contributed by atoms with Gasteiger partial charge in [0.05, 0.1) is 9.77 Å². The Labute approximate surface area is 140 Å². The molecule has 3 rings (SSSR count). The SMILES string of the molecule is O=C(NC1CCCCC1)C1(Sc2cc(Cl)ccc2Cl)CC1. The Bertz CT molecular complexity index is 539. The molecule has 0 unspecified atom stereocenters. The molecule has 0 saturated heterocycles. The molecule has 0 aliphatic heterocycles. The molecule has 0 spiro atoms. The van der Waals surface area contributed by atoms with Crippen LogP contribution in [0.2, 0.25) is 10.0 Å². The minimum absolute atomic E-state index is 0.176. The number of carbonyl (C=O) groups is 1. The molecule has 2 nitrogen and oxygen atoms in total. The predicted octanol–water partition coefficient (Wildman–Crippen LogP) is 5.07. The zero-order chi connectivity index (χ0) is 14.9. The molecule has 0 atom stereocenters. The topological polar surface area (TPSA) is 29.1 Å². The van der Waals surface area contributed by atoms with E-state index in [2.05, 4.69) is 5.32 Å². The van der Waals surface area contributed by atoms with Crippen LogP contribution in [-0.2, 0) is 4.79 Å². The molecule has 5 heteroatoms. The van der Waals surface area contributed by atoms with Crippen molar-refractivity contribution in [2.75, 3.05) is 0 Å². The predicted molar refractivity (Wildman–Crippen MR) is 89.3 cm³/mol. The quantitative estimate of drug-likeness (QED) is 0.826. The van der Waals surface area contributed by atoms with Crippen molar-refractivity contribution >= 4 is 40.9 Å². The molecule has 2 aliphatic carbocycles. The third-order valence-corrected chi connectivity index (χ3v) is 6.48. The van der Waals surface area contributed by atoms with Crippen molar-refractivity contribution in [1.29, 1.82) is 0 Å². The third kappa shape index (κ3) is 3.69. The summed E-state index contributed by atoms with van der Waals surface area (Å²) in [6.45, 7) is 0. The molecule has 1 aromatic carbocycles. The summed E-state index contributed by atoms with van der Waals surface area (Å²) in [6.07, 6.45) is 7.81. The molecule has 0 aromatic heterocycles. The number of thioether (sulfide) groups is 1. The van der Waals surface area contributed by atoms with E-state index in [1.54, 1.807) is 23.9 Å². The lowest BCUT2D eigenvalue weighted by Crippen LogP contribution is -2.42. The van der Waals surface area contributed by atoms with E-state index in [9.17, 15) is 4.79 Å². The first-order valence-electron chi connectivity index (χ1n) is 7.54. The van der Waals surface area contributed by atoms with Gasteiger partial charge in [-0.3, -0.25) is 4.79 Å². The highest BCUT2D eigenvalue weighted by atomic mass is 35.5. The van der Waals surface area contributed by atoms with Gasteiger partial charge in [-0.05, 0) is 43.9 Å². The molecular weight excluding hydrogens is 325 g/mol. The lowest BCUT2D eigenvalue weighted by molar-refractivity contribution is -0.122. The van der Waals surface area contributed by atoms with Gasteiger partial charge in [-0.25, -0.2) is 0 Å². The van der Waals surface area contributed by atoms with Gasteiger partial charge in [-0.2, -0.15) is 0 Å². The number of hydrogen-bond acceptors (Lipinski definition) is 2. The summed E-state index contributed by atoms with van der Waals surface area (Å²) in [5.41, 5.74) is 0. The fourth-order valence-corrected chi connectivity index (χ4v) is 4.52. The molecule has 0 heterocycles. The Morgan fingerprint density at radius 2 is 1.90 bits per heavy atom. The molecule has 21 heavy (non-hydrogen) atoms. The third-order valence-electron chi connectivity index (χ3n) is 4.26. The second kappa shape index (κ2) is 6.39. The van der Waals surface area contributed by atoms with Crippen molar-refractivity contribution in [3.63, 3.8) is 0 Å². The van der Waals surface area contributed by atoms with Crippen molar-refractivity contribution in [3.8, 4) is 0 Å². The molecule has 1 N–H and O–H groups in total. The van der Waals surface area contributed by atoms with Crippen LogP contribution >= 0.6 is 35.0 Å². The van der Waals surface area contributed by atoms with Gasteiger partial charge in [0.15, 0.2) is 0 Å². The number of nitrogens with one attached hydrogen (secondary N) is 1. The molecule has 2 fully saturated rings. The Morgan fingerprint density at radius 3 is 2.57 bits per heavy atom. The highest BCUT2D eigenvalue weighted by Crippen LogP contribution is 2.53. The van der Waals surface area contributed by atoms with Crippen molar-refractivity contribution in [2.24, 2.45) is 0 Å². The normalized spacial score (nSPS) is 21.0. The maximum atomic E-state index is 12.6. The van der Waals surface area contributed by atoms with Crippen LogP contribution in [0.5, 0.6) is 0 Å². The van der Waals surface area contributed by atoms with Crippen LogP contribution in [-0.4, -0.2) is 16.7 Å². The molecule has 0 bridgehead atoms. The molecule has 114 valence electrons. The second-order valence-corrected chi connectivity index (χ2v) is 8.25. The number of benzene rings is 1. The van der Waals surface area contributed by atoms with Crippen molar-refractivity contribution < 1.29 is 4.79 Å². The van der Waals surface area contributed by atoms with E-state index in [1.807, 2.05) is 6.07 Å². The van der Waals surface area contributed by atoms with E-state index in [0.29, 0.717) is 16.1 Å². The van der Waals surface area contributed by atoms with Crippen molar-refractivity contribution in [2.45, 2.75) is 60.6 Å². The average molecular weight is 344 g/mol. The summed E-state index contributed by atoms with van der Waals surface area (Å²) in [7, 11) is 0.